The zero-order chi connectivity index (χ0) is 10.3. The Morgan fingerprint density at radius 3 is 2.71 bits per heavy atom. The molecule has 76 valence electrons. The highest BCUT2D eigenvalue weighted by Gasteiger charge is 2.24. The average Bonchev–Trinajstić information content (AvgIpc) is 2.46. The molecular weight excluding hydrogens is 240 g/mol. The van der Waals surface area contributed by atoms with Crippen molar-refractivity contribution in [2.24, 2.45) is 0 Å². The van der Waals surface area contributed by atoms with E-state index in [9.17, 15) is 0 Å². The molecule has 1 aromatic rings. The molecule has 0 aromatic heterocycles. The highest BCUT2D eigenvalue weighted by atomic mass is 79.9. The largest absolute Gasteiger partial charge is 0.492 e. The van der Waals surface area contributed by atoms with Gasteiger partial charge in [-0.15, -0.1) is 0 Å². The van der Waals surface area contributed by atoms with Gasteiger partial charge in [0.15, 0.2) is 0 Å². The van der Waals surface area contributed by atoms with E-state index >= 15 is 0 Å². The van der Waals surface area contributed by atoms with Gasteiger partial charge in [0.05, 0.1) is 4.83 Å². The standard InChI is InChI=1S/C12H15BrO/c1-12(2,3)8-4-5-11-9(6-8)10(13)7-14-11/h4-6,10H,7H2,1-3H3. The van der Waals surface area contributed by atoms with Gasteiger partial charge in [0.1, 0.15) is 12.4 Å². The van der Waals surface area contributed by atoms with Gasteiger partial charge in [0.2, 0.25) is 0 Å². The van der Waals surface area contributed by atoms with Crippen LogP contribution in [0, 0.1) is 0 Å². The maximum Gasteiger partial charge on any atom is 0.123 e. The van der Waals surface area contributed by atoms with Gasteiger partial charge in [-0.2, -0.15) is 0 Å². The molecule has 0 N–H and O–H groups in total. The van der Waals surface area contributed by atoms with Crippen LogP contribution in [0.5, 0.6) is 5.75 Å². The van der Waals surface area contributed by atoms with Crippen molar-refractivity contribution in [3.8, 4) is 5.75 Å². The Hall–Kier alpha value is -0.500. The fourth-order valence-corrected chi connectivity index (χ4v) is 2.13. The van der Waals surface area contributed by atoms with Crippen LogP contribution >= 0.6 is 15.9 Å². The van der Waals surface area contributed by atoms with Gasteiger partial charge in [0, 0.05) is 5.56 Å². The Morgan fingerprint density at radius 1 is 1.36 bits per heavy atom. The van der Waals surface area contributed by atoms with E-state index in [1.165, 1.54) is 11.1 Å². The van der Waals surface area contributed by atoms with E-state index in [1.54, 1.807) is 0 Å². The first kappa shape index (κ1) is 10.0. The highest BCUT2D eigenvalue weighted by molar-refractivity contribution is 9.09. The number of ether oxygens (including phenoxy) is 1. The lowest BCUT2D eigenvalue weighted by atomic mass is 9.86. The Morgan fingerprint density at radius 2 is 2.07 bits per heavy atom. The van der Waals surface area contributed by atoms with E-state index in [2.05, 4.69) is 54.9 Å². The van der Waals surface area contributed by atoms with Crippen molar-refractivity contribution in [2.45, 2.75) is 31.0 Å². The molecule has 1 unspecified atom stereocenters. The van der Waals surface area contributed by atoms with Crippen LogP contribution in [0.15, 0.2) is 18.2 Å². The second-order valence-corrected chi connectivity index (χ2v) is 5.89. The summed E-state index contributed by atoms with van der Waals surface area (Å²) < 4.78 is 5.53. The predicted molar refractivity (Wildman–Crippen MR) is 62.3 cm³/mol. The van der Waals surface area contributed by atoms with Gasteiger partial charge >= 0.3 is 0 Å². The summed E-state index contributed by atoms with van der Waals surface area (Å²) in [5.74, 6) is 1.03. The normalized spacial score (nSPS) is 20.4. The van der Waals surface area contributed by atoms with Gasteiger partial charge < -0.3 is 4.74 Å². The molecule has 0 saturated heterocycles. The molecule has 2 heteroatoms. The Kier molecular flexibility index (Phi) is 2.34. The van der Waals surface area contributed by atoms with E-state index in [0.29, 0.717) is 4.83 Å². The van der Waals surface area contributed by atoms with Crippen molar-refractivity contribution < 1.29 is 4.74 Å². The molecule has 1 aliphatic heterocycles. The topological polar surface area (TPSA) is 9.23 Å². The van der Waals surface area contributed by atoms with Crippen molar-refractivity contribution in [3.05, 3.63) is 29.3 Å². The Bertz CT molecular complexity index is 352. The highest BCUT2D eigenvalue weighted by Crippen LogP contribution is 2.39. The van der Waals surface area contributed by atoms with Gasteiger partial charge in [0.25, 0.3) is 0 Å². The molecule has 14 heavy (non-hydrogen) atoms. The second-order valence-electron chi connectivity index (χ2n) is 4.78. The summed E-state index contributed by atoms with van der Waals surface area (Å²) in [6.07, 6.45) is 0. The summed E-state index contributed by atoms with van der Waals surface area (Å²) in [5.41, 5.74) is 2.87. The van der Waals surface area contributed by atoms with Crippen molar-refractivity contribution in [2.75, 3.05) is 6.61 Å². The maximum absolute atomic E-state index is 5.53. The summed E-state index contributed by atoms with van der Waals surface area (Å²) in [6, 6.07) is 6.49. The molecule has 1 heterocycles. The lowest BCUT2D eigenvalue weighted by Gasteiger charge is -2.19. The first-order valence-corrected chi connectivity index (χ1v) is 5.81. The fraction of sp³-hybridized carbons (Fsp3) is 0.500. The molecule has 0 fully saturated rings. The average molecular weight is 255 g/mol. The predicted octanol–water partition coefficient (Wildman–Crippen LogP) is 3.81. The number of alkyl halides is 1. The summed E-state index contributed by atoms with van der Waals surface area (Å²) in [6.45, 7) is 7.44. The van der Waals surface area contributed by atoms with Crippen molar-refractivity contribution in [1.29, 1.82) is 0 Å². The Balaban J connectivity index is 2.45. The molecule has 0 radical (unpaired) electrons. The van der Waals surface area contributed by atoms with E-state index in [0.717, 1.165) is 12.4 Å². The summed E-state index contributed by atoms with van der Waals surface area (Å²) in [7, 11) is 0. The lowest BCUT2D eigenvalue weighted by molar-refractivity contribution is 0.356. The molecule has 0 aliphatic carbocycles. The van der Waals surface area contributed by atoms with Crippen LogP contribution in [0.25, 0.3) is 0 Å². The van der Waals surface area contributed by atoms with E-state index in [-0.39, 0.29) is 5.41 Å². The van der Waals surface area contributed by atoms with E-state index in [1.807, 2.05) is 0 Å². The number of halogens is 1. The van der Waals surface area contributed by atoms with Gasteiger partial charge in [-0.1, -0.05) is 48.8 Å². The SMILES string of the molecule is CC(C)(C)c1ccc2c(c1)C(Br)CO2. The molecule has 0 bridgehead atoms. The van der Waals surface area contributed by atoms with Crippen LogP contribution < -0.4 is 4.74 Å². The fourth-order valence-electron chi connectivity index (χ4n) is 1.64. The maximum atomic E-state index is 5.53. The van der Waals surface area contributed by atoms with Crippen LogP contribution in [-0.2, 0) is 5.41 Å². The quantitative estimate of drug-likeness (QED) is 0.640. The van der Waals surface area contributed by atoms with Crippen LogP contribution in [0.2, 0.25) is 0 Å². The number of hydrogen-bond donors (Lipinski definition) is 0. The monoisotopic (exact) mass is 254 g/mol. The number of rotatable bonds is 0. The zero-order valence-electron chi connectivity index (χ0n) is 8.80. The van der Waals surface area contributed by atoms with Crippen molar-refractivity contribution in [1.82, 2.24) is 0 Å². The molecule has 1 atom stereocenters. The van der Waals surface area contributed by atoms with Gasteiger partial charge in [-0.25, -0.2) is 0 Å². The van der Waals surface area contributed by atoms with Crippen LogP contribution in [0.3, 0.4) is 0 Å². The molecule has 0 amide bonds. The van der Waals surface area contributed by atoms with Gasteiger partial charge in [-0.05, 0) is 17.0 Å². The first-order chi connectivity index (χ1) is 6.48. The van der Waals surface area contributed by atoms with Crippen LogP contribution in [0.1, 0.15) is 36.7 Å². The van der Waals surface area contributed by atoms with Crippen LogP contribution in [0.4, 0.5) is 0 Å². The van der Waals surface area contributed by atoms with Gasteiger partial charge in [-0.3, -0.25) is 0 Å². The molecular formula is C12H15BrO. The van der Waals surface area contributed by atoms with E-state index in [4.69, 9.17) is 4.74 Å². The first-order valence-electron chi connectivity index (χ1n) is 4.90. The molecule has 0 spiro atoms. The molecule has 0 saturated carbocycles. The summed E-state index contributed by atoms with van der Waals surface area (Å²) in [5, 5.41) is 0. The third-order valence-electron chi connectivity index (χ3n) is 2.60. The summed E-state index contributed by atoms with van der Waals surface area (Å²) in [4.78, 5) is 0.361. The number of fused-ring (bicyclic) bond motifs is 1. The molecule has 2 rings (SSSR count). The molecule has 1 aromatic carbocycles. The Labute approximate surface area is 93.6 Å². The summed E-state index contributed by atoms with van der Waals surface area (Å²) >= 11 is 3.61. The van der Waals surface area contributed by atoms with E-state index < -0.39 is 0 Å². The zero-order valence-corrected chi connectivity index (χ0v) is 10.4. The van der Waals surface area contributed by atoms with Crippen LogP contribution in [-0.4, -0.2) is 6.61 Å². The second kappa shape index (κ2) is 3.27. The third kappa shape index (κ3) is 1.68. The lowest BCUT2D eigenvalue weighted by Crippen LogP contribution is -2.11. The van der Waals surface area contributed by atoms with Crippen molar-refractivity contribution >= 4 is 15.9 Å². The smallest absolute Gasteiger partial charge is 0.123 e. The van der Waals surface area contributed by atoms with Crippen molar-refractivity contribution in [3.63, 3.8) is 0 Å². The third-order valence-corrected chi connectivity index (χ3v) is 3.36. The molecule has 1 nitrogen and oxygen atoms in total. The minimum absolute atomic E-state index is 0.213. The number of hydrogen-bond acceptors (Lipinski definition) is 1. The number of benzene rings is 1. The minimum atomic E-state index is 0.213. The molecule has 1 aliphatic rings. The minimum Gasteiger partial charge on any atom is -0.492 e.